The van der Waals surface area contributed by atoms with Crippen LogP contribution in [-0.2, 0) is 6.54 Å². The molecule has 3 rings (SSSR count). The van der Waals surface area contributed by atoms with Gasteiger partial charge in [0.05, 0.1) is 12.7 Å². The van der Waals surface area contributed by atoms with Gasteiger partial charge in [0.15, 0.2) is 0 Å². The molecule has 1 aliphatic rings. The number of carbonyl (C=O) groups excluding carboxylic acids is 1. The first kappa shape index (κ1) is 14.5. The van der Waals surface area contributed by atoms with Crippen LogP contribution in [0, 0.1) is 6.92 Å². The quantitative estimate of drug-likeness (QED) is 0.925. The van der Waals surface area contributed by atoms with Crippen LogP contribution in [0.15, 0.2) is 23.0 Å². The van der Waals surface area contributed by atoms with Crippen molar-refractivity contribution in [2.24, 2.45) is 0 Å². The molecule has 1 amide bonds. The number of rotatable bonds is 4. The zero-order chi connectivity index (χ0) is 15.4. The van der Waals surface area contributed by atoms with Gasteiger partial charge in [-0.1, -0.05) is 5.16 Å². The van der Waals surface area contributed by atoms with Gasteiger partial charge in [-0.25, -0.2) is 9.97 Å². The Bertz CT molecular complexity index is 649. The highest BCUT2D eigenvalue weighted by Gasteiger charge is 2.15. The lowest BCUT2D eigenvalue weighted by molar-refractivity contribution is 0.0948. The van der Waals surface area contributed by atoms with Gasteiger partial charge < -0.3 is 14.7 Å². The molecule has 1 aliphatic heterocycles. The van der Waals surface area contributed by atoms with Crippen molar-refractivity contribution in [2.45, 2.75) is 32.7 Å². The Morgan fingerprint density at radius 2 is 2.18 bits per heavy atom. The van der Waals surface area contributed by atoms with E-state index in [1.165, 1.54) is 25.5 Å². The molecule has 3 heterocycles. The van der Waals surface area contributed by atoms with Crippen molar-refractivity contribution in [3.8, 4) is 0 Å². The van der Waals surface area contributed by atoms with E-state index in [1.807, 2.05) is 6.07 Å². The summed E-state index contributed by atoms with van der Waals surface area (Å²) in [6.45, 7) is 4.05. The number of amides is 1. The molecule has 0 aliphatic carbocycles. The molecule has 1 saturated heterocycles. The van der Waals surface area contributed by atoms with E-state index in [-0.39, 0.29) is 12.5 Å². The SMILES string of the molecule is Cc1oncc1C(=O)NCc1nccc(N2CCCCC2)n1. The van der Waals surface area contributed by atoms with Crippen LogP contribution in [0.25, 0.3) is 0 Å². The van der Waals surface area contributed by atoms with Gasteiger partial charge in [0.2, 0.25) is 0 Å². The molecule has 0 atom stereocenters. The van der Waals surface area contributed by atoms with Crippen LogP contribution < -0.4 is 10.2 Å². The van der Waals surface area contributed by atoms with E-state index in [2.05, 4.69) is 25.3 Å². The average Bonchev–Trinajstić information content (AvgIpc) is 3.00. The van der Waals surface area contributed by atoms with Gasteiger partial charge in [0.25, 0.3) is 5.91 Å². The second-order valence-electron chi connectivity index (χ2n) is 5.36. The van der Waals surface area contributed by atoms with Crippen LogP contribution in [0.4, 0.5) is 5.82 Å². The maximum Gasteiger partial charge on any atom is 0.256 e. The van der Waals surface area contributed by atoms with Crippen molar-refractivity contribution in [1.29, 1.82) is 0 Å². The Labute approximate surface area is 128 Å². The number of piperidine rings is 1. The Morgan fingerprint density at radius 1 is 1.36 bits per heavy atom. The van der Waals surface area contributed by atoms with Crippen molar-refractivity contribution in [3.05, 3.63) is 35.6 Å². The molecule has 22 heavy (non-hydrogen) atoms. The highest BCUT2D eigenvalue weighted by Crippen LogP contribution is 2.16. The lowest BCUT2D eigenvalue weighted by atomic mass is 10.1. The predicted octanol–water partition coefficient (Wildman–Crippen LogP) is 1.69. The van der Waals surface area contributed by atoms with Gasteiger partial charge >= 0.3 is 0 Å². The summed E-state index contributed by atoms with van der Waals surface area (Å²) in [6, 6.07) is 1.92. The number of aromatic nitrogens is 3. The van der Waals surface area contributed by atoms with Crippen molar-refractivity contribution >= 4 is 11.7 Å². The number of aryl methyl sites for hydroxylation is 1. The topological polar surface area (TPSA) is 84.2 Å². The molecule has 7 heteroatoms. The van der Waals surface area contributed by atoms with Gasteiger partial charge in [-0.05, 0) is 32.3 Å². The molecule has 7 nitrogen and oxygen atoms in total. The van der Waals surface area contributed by atoms with E-state index in [1.54, 1.807) is 13.1 Å². The summed E-state index contributed by atoms with van der Waals surface area (Å²) in [6.07, 6.45) is 6.83. The summed E-state index contributed by atoms with van der Waals surface area (Å²) in [5.74, 6) is 1.80. The highest BCUT2D eigenvalue weighted by molar-refractivity contribution is 5.94. The smallest absolute Gasteiger partial charge is 0.256 e. The minimum absolute atomic E-state index is 0.231. The summed E-state index contributed by atoms with van der Waals surface area (Å²) in [5.41, 5.74) is 0.437. The van der Waals surface area contributed by atoms with Crippen molar-refractivity contribution in [3.63, 3.8) is 0 Å². The maximum absolute atomic E-state index is 12.0. The minimum atomic E-state index is -0.231. The van der Waals surface area contributed by atoms with E-state index >= 15 is 0 Å². The fourth-order valence-corrected chi connectivity index (χ4v) is 2.54. The maximum atomic E-state index is 12.0. The van der Waals surface area contributed by atoms with Gasteiger partial charge in [-0.3, -0.25) is 4.79 Å². The third kappa shape index (κ3) is 3.24. The molecular formula is C15H19N5O2. The summed E-state index contributed by atoms with van der Waals surface area (Å²) < 4.78 is 4.89. The number of hydrogen-bond acceptors (Lipinski definition) is 6. The molecule has 2 aromatic heterocycles. The molecule has 0 radical (unpaired) electrons. The average molecular weight is 301 g/mol. The summed E-state index contributed by atoms with van der Waals surface area (Å²) in [4.78, 5) is 23.0. The number of carbonyl (C=O) groups is 1. The van der Waals surface area contributed by atoms with Crippen LogP contribution in [0.3, 0.4) is 0 Å². The molecule has 0 spiro atoms. The zero-order valence-electron chi connectivity index (χ0n) is 12.6. The number of nitrogens with zero attached hydrogens (tertiary/aromatic N) is 4. The summed E-state index contributed by atoms with van der Waals surface area (Å²) in [5, 5.41) is 6.39. The Kier molecular flexibility index (Phi) is 4.32. The first-order chi connectivity index (χ1) is 10.7. The Hall–Kier alpha value is -2.44. The van der Waals surface area contributed by atoms with E-state index in [4.69, 9.17) is 4.52 Å². The largest absolute Gasteiger partial charge is 0.361 e. The Balaban J connectivity index is 1.63. The van der Waals surface area contributed by atoms with Gasteiger partial charge in [0, 0.05) is 19.3 Å². The Morgan fingerprint density at radius 3 is 2.91 bits per heavy atom. The zero-order valence-corrected chi connectivity index (χ0v) is 12.6. The molecular weight excluding hydrogens is 282 g/mol. The monoisotopic (exact) mass is 301 g/mol. The first-order valence-electron chi connectivity index (χ1n) is 7.50. The van der Waals surface area contributed by atoms with Crippen LogP contribution >= 0.6 is 0 Å². The summed E-state index contributed by atoms with van der Waals surface area (Å²) in [7, 11) is 0. The van der Waals surface area contributed by atoms with E-state index < -0.39 is 0 Å². The molecule has 116 valence electrons. The number of hydrogen-bond donors (Lipinski definition) is 1. The van der Waals surface area contributed by atoms with E-state index in [9.17, 15) is 4.79 Å². The highest BCUT2D eigenvalue weighted by atomic mass is 16.5. The third-order valence-electron chi connectivity index (χ3n) is 3.77. The van der Waals surface area contributed by atoms with Gasteiger partial charge in [-0.2, -0.15) is 0 Å². The fraction of sp³-hybridized carbons (Fsp3) is 0.467. The van der Waals surface area contributed by atoms with Crippen LogP contribution in [0.2, 0.25) is 0 Å². The van der Waals surface area contributed by atoms with Gasteiger partial charge in [0.1, 0.15) is 23.0 Å². The third-order valence-corrected chi connectivity index (χ3v) is 3.77. The number of nitrogens with one attached hydrogen (secondary N) is 1. The normalized spacial score (nSPS) is 14.9. The van der Waals surface area contributed by atoms with Crippen molar-refractivity contribution in [2.75, 3.05) is 18.0 Å². The molecule has 0 bridgehead atoms. The number of anilines is 1. The van der Waals surface area contributed by atoms with Crippen molar-refractivity contribution < 1.29 is 9.32 Å². The second-order valence-corrected chi connectivity index (χ2v) is 5.36. The molecule has 0 aromatic carbocycles. The predicted molar refractivity (Wildman–Crippen MR) is 80.5 cm³/mol. The van der Waals surface area contributed by atoms with Crippen molar-refractivity contribution in [1.82, 2.24) is 20.4 Å². The molecule has 0 saturated carbocycles. The van der Waals surface area contributed by atoms with Crippen LogP contribution in [0.5, 0.6) is 0 Å². The summed E-state index contributed by atoms with van der Waals surface area (Å²) >= 11 is 0. The van der Waals surface area contributed by atoms with Crippen LogP contribution in [-0.4, -0.2) is 34.1 Å². The van der Waals surface area contributed by atoms with Gasteiger partial charge in [-0.15, -0.1) is 0 Å². The lowest BCUT2D eigenvalue weighted by Crippen LogP contribution is -2.31. The van der Waals surface area contributed by atoms with E-state index in [0.29, 0.717) is 17.1 Å². The molecule has 0 unspecified atom stereocenters. The fourth-order valence-electron chi connectivity index (χ4n) is 2.54. The molecule has 2 aromatic rings. The van der Waals surface area contributed by atoms with Crippen LogP contribution in [0.1, 0.15) is 41.2 Å². The lowest BCUT2D eigenvalue weighted by Gasteiger charge is -2.27. The minimum Gasteiger partial charge on any atom is -0.361 e. The first-order valence-corrected chi connectivity index (χ1v) is 7.50. The molecule has 1 fully saturated rings. The standard InChI is InChI=1S/C15H19N5O2/c1-11-12(9-18-22-11)15(21)17-10-13-16-6-5-14(19-13)20-7-3-2-4-8-20/h5-6,9H,2-4,7-8,10H2,1H3,(H,17,21). The second kappa shape index (κ2) is 6.55. The molecule has 1 N–H and O–H groups in total. The van der Waals surface area contributed by atoms with E-state index in [0.717, 1.165) is 18.9 Å².